The third-order valence-electron chi connectivity index (χ3n) is 4.02. The minimum absolute atomic E-state index is 0.204. The first-order chi connectivity index (χ1) is 13.6. The summed E-state index contributed by atoms with van der Waals surface area (Å²) in [7, 11) is 1.78. The van der Waals surface area contributed by atoms with E-state index in [9.17, 15) is 4.79 Å². The van der Waals surface area contributed by atoms with Crippen LogP contribution in [0.25, 0.3) is 22.6 Å². The molecule has 1 N–H and O–H groups in total. The van der Waals surface area contributed by atoms with Gasteiger partial charge in [0, 0.05) is 37.4 Å². The van der Waals surface area contributed by atoms with Crippen LogP contribution in [0.2, 0.25) is 0 Å². The zero-order valence-electron chi connectivity index (χ0n) is 15.4. The van der Waals surface area contributed by atoms with Gasteiger partial charge in [-0.05, 0) is 30.7 Å². The molecule has 0 aliphatic carbocycles. The Morgan fingerprint density at radius 2 is 1.93 bits per heavy atom. The molecule has 0 saturated heterocycles. The molecule has 4 aromatic rings. The molecule has 0 bridgehead atoms. The first-order valence-electron chi connectivity index (χ1n) is 8.60. The van der Waals surface area contributed by atoms with Gasteiger partial charge in [0.2, 0.25) is 0 Å². The average Bonchev–Trinajstić information content (AvgIpc) is 3.09. The van der Waals surface area contributed by atoms with Crippen LogP contribution < -0.4 is 5.32 Å². The van der Waals surface area contributed by atoms with Crippen molar-refractivity contribution < 1.29 is 4.79 Å². The Balaban J connectivity index is 1.63. The van der Waals surface area contributed by atoms with E-state index in [0.717, 1.165) is 11.1 Å². The molecule has 0 radical (unpaired) electrons. The first kappa shape index (κ1) is 17.5. The summed E-state index contributed by atoms with van der Waals surface area (Å²) in [6.45, 7) is 1.95. The maximum Gasteiger partial charge on any atom is 0.275 e. The van der Waals surface area contributed by atoms with Crippen LogP contribution in [0.15, 0.2) is 61.4 Å². The lowest BCUT2D eigenvalue weighted by atomic mass is 10.1. The van der Waals surface area contributed by atoms with Crippen molar-refractivity contribution in [2.24, 2.45) is 7.05 Å². The van der Waals surface area contributed by atoms with E-state index in [-0.39, 0.29) is 11.6 Å². The molecule has 0 aliphatic rings. The van der Waals surface area contributed by atoms with Crippen LogP contribution in [-0.2, 0) is 7.05 Å². The number of anilines is 1. The highest BCUT2D eigenvalue weighted by Gasteiger charge is 2.16. The molecule has 0 unspecified atom stereocenters. The number of amides is 1. The van der Waals surface area contributed by atoms with E-state index in [1.54, 1.807) is 42.7 Å². The number of aromatic nitrogens is 6. The van der Waals surface area contributed by atoms with Gasteiger partial charge < -0.3 is 5.32 Å². The van der Waals surface area contributed by atoms with Gasteiger partial charge in [-0.1, -0.05) is 6.07 Å². The lowest BCUT2D eigenvalue weighted by Gasteiger charge is -2.06. The molecule has 4 heterocycles. The molecule has 0 atom stereocenters. The largest absolute Gasteiger partial charge is 0.317 e. The van der Waals surface area contributed by atoms with Gasteiger partial charge in [0.1, 0.15) is 11.4 Å². The van der Waals surface area contributed by atoms with Gasteiger partial charge in [-0.25, -0.2) is 4.98 Å². The maximum absolute atomic E-state index is 12.8. The fraction of sp³-hybridized carbons (Fsp3) is 0.100. The molecule has 4 aromatic heterocycles. The lowest BCUT2D eigenvalue weighted by molar-refractivity contribution is 0.102. The molecule has 0 aromatic carbocycles. The number of carbonyl (C=O) groups is 1. The number of nitrogens with zero attached hydrogens (tertiary/aromatic N) is 6. The Hall–Kier alpha value is -3.94. The van der Waals surface area contributed by atoms with Crippen molar-refractivity contribution in [3.05, 3.63) is 72.7 Å². The van der Waals surface area contributed by atoms with Gasteiger partial charge in [0.25, 0.3) is 5.91 Å². The van der Waals surface area contributed by atoms with Crippen molar-refractivity contribution in [3.63, 3.8) is 0 Å². The number of hydrogen-bond acceptors (Lipinski definition) is 6. The van der Waals surface area contributed by atoms with Crippen molar-refractivity contribution in [1.82, 2.24) is 29.7 Å². The van der Waals surface area contributed by atoms with Gasteiger partial charge in [0.05, 0.1) is 29.5 Å². The molecular formula is C20H17N7O. The van der Waals surface area contributed by atoms with E-state index in [0.29, 0.717) is 22.8 Å². The van der Waals surface area contributed by atoms with Gasteiger partial charge in [0.15, 0.2) is 0 Å². The summed E-state index contributed by atoms with van der Waals surface area (Å²) >= 11 is 0. The Bertz CT molecular complexity index is 1140. The Labute approximate surface area is 161 Å². The van der Waals surface area contributed by atoms with Crippen molar-refractivity contribution >= 4 is 11.6 Å². The van der Waals surface area contributed by atoms with Crippen molar-refractivity contribution in [3.8, 4) is 22.6 Å². The van der Waals surface area contributed by atoms with E-state index < -0.39 is 0 Å². The maximum atomic E-state index is 12.8. The molecule has 1 amide bonds. The van der Waals surface area contributed by atoms with Crippen LogP contribution in [0.4, 0.5) is 5.69 Å². The Morgan fingerprint density at radius 1 is 1.07 bits per heavy atom. The second kappa shape index (κ2) is 7.36. The molecule has 8 nitrogen and oxygen atoms in total. The predicted octanol–water partition coefficient (Wildman–Crippen LogP) is 2.89. The number of nitrogens with one attached hydrogen (secondary N) is 1. The molecule has 4 rings (SSSR count). The van der Waals surface area contributed by atoms with Crippen LogP contribution in [0.1, 0.15) is 16.1 Å². The molecule has 0 saturated carbocycles. The summed E-state index contributed by atoms with van der Waals surface area (Å²) < 4.78 is 1.63. The molecule has 0 fully saturated rings. The van der Waals surface area contributed by atoms with E-state index in [2.05, 4.69) is 30.4 Å². The van der Waals surface area contributed by atoms with Gasteiger partial charge in [-0.3, -0.25) is 24.4 Å². The quantitative estimate of drug-likeness (QED) is 0.592. The van der Waals surface area contributed by atoms with Crippen LogP contribution >= 0.6 is 0 Å². The summed E-state index contributed by atoms with van der Waals surface area (Å²) in [5, 5.41) is 7.25. The first-order valence-corrected chi connectivity index (χ1v) is 8.60. The summed E-state index contributed by atoms with van der Waals surface area (Å²) in [6.07, 6.45) is 9.90. The van der Waals surface area contributed by atoms with E-state index in [1.807, 2.05) is 31.2 Å². The summed E-state index contributed by atoms with van der Waals surface area (Å²) in [4.78, 5) is 29.8. The highest BCUT2D eigenvalue weighted by molar-refractivity contribution is 6.04. The summed E-state index contributed by atoms with van der Waals surface area (Å²) in [6, 6.07) is 7.47. The summed E-state index contributed by atoms with van der Waals surface area (Å²) in [5.41, 5.74) is 4.40. The second-order valence-corrected chi connectivity index (χ2v) is 6.27. The van der Waals surface area contributed by atoms with E-state index in [4.69, 9.17) is 0 Å². The average molecular weight is 371 g/mol. The number of hydrogen-bond donors (Lipinski definition) is 1. The number of pyridine rings is 2. The smallest absolute Gasteiger partial charge is 0.275 e. The second-order valence-electron chi connectivity index (χ2n) is 6.27. The number of aryl methyl sites for hydroxylation is 2. The fourth-order valence-corrected chi connectivity index (χ4v) is 2.77. The van der Waals surface area contributed by atoms with Crippen LogP contribution in [0.3, 0.4) is 0 Å². The van der Waals surface area contributed by atoms with Crippen molar-refractivity contribution in [2.45, 2.75) is 6.92 Å². The third-order valence-corrected chi connectivity index (χ3v) is 4.02. The predicted molar refractivity (Wildman–Crippen MR) is 104 cm³/mol. The minimum Gasteiger partial charge on any atom is -0.317 e. The zero-order chi connectivity index (χ0) is 19.5. The normalized spacial score (nSPS) is 10.6. The molecular weight excluding hydrogens is 354 g/mol. The van der Waals surface area contributed by atoms with Gasteiger partial charge in [-0.2, -0.15) is 5.10 Å². The molecule has 28 heavy (non-hydrogen) atoms. The minimum atomic E-state index is -0.375. The van der Waals surface area contributed by atoms with Crippen LogP contribution in [0.5, 0.6) is 0 Å². The van der Waals surface area contributed by atoms with Gasteiger partial charge in [-0.15, -0.1) is 0 Å². The zero-order valence-corrected chi connectivity index (χ0v) is 15.4. The monoisotopic (exact) mass is 371 g/mol. The fourth-order valence-electron chi connectivity index (χ4n) is 2.77. The SMILES string of the molecule is Cc1cncc(-c2cncc(C(=O)Nc3cn(C)nc3-c3ccccn3)n2)c1. The molecule has 0 spiro atoms. The molecule has 138 valence electrons. The topological polar surface area (TPSA) is 98.5 Å². The molecule has 0 aliphatic heterocycles. The standard InChI is InChI=1S/C20H17N7O/c1-13-7-14(9-21-8-13)16-10-22-11-17(24-16)20(28)25-18-12-27(2)26-19(18)15-5-3-4-6-23-15/h3-12H,1-2H3,(H,25,28). The van der Waals surface area contributed by atoms with Crippen molar-refractivity contribution in [1.29, 1.82) is 0 Å². The third kappa shape index (κ3) is 3.61. The van der Waals surface area contributed by atoms with Crippen LogP contribution in [-0.4, -0.2) is 35.6 Å². The van der Waals surface area contributed by atoms with Crippen molar-refractivity contribution in [2.75, 3.05) is 5.32 Å². The Morgan fingerprint density at radius 3 is 2.71 bits per heavy atom. The van der Waals surface area contributed by atoms with E-state index >= 15 is 0 Å². The van der Waals surface area contributed by atoms with Gasteiger partial charge >= 0.3 is 0 Å². The van der Waals surface area contributed by atoms with Crippen LogP contribution in [0, 0.1) is 6.92 Å². The van der Waals surface area contributed by atoms with E-state index in [1.165, 1.54) is 6.20 Å². The number of rotatable bonds is 4. The highest BCUT2D eigenvalue weighted by Crippen LogP contribution is 2.25. The molecule has 8 heteroatoms. The highest BCUT2D eigenvalue weighted by atomic mass is 16.1. The Kier molecular flexibility index (Phi) is 4.59. The summed E-state index contributed by atoms with van der Waals surface area (Å²) in [5.74, 6) is -0.375. The lowest BCUT2D eigenvalue weighted by Crippen LogP contribution is -2.14. The number of carbonyl (C=O) groups excluding carboxylic acids is 1.